The van der Waals surface area contributed by atoms with Crippen LogP contribution in [-0.2, 0) is 0 Å². The molecule has 0 atom stereocenters. The first-order valence-electron chi connectivity index (χ1n) is 4.83. The first kappa shape index (κ1) is 11.7. The number of nitrogen functional groups attached to an aromatic ring is 2. The van der Waals surface area contributed by atoms with Gasteiger partial charge in [0.25, 0.3) is 0 Å². The molecule has 2 heterocycles. The van der Waals surface area contributed by atoms with E-state index < -0.39 is 0 Å². The van der Waals surface area contributed by atoms with Crippen LogP contribution in [0.3, 0.4) is 0 Å². The van der Waals surface area contributed by atoms with Gasteiger partial charge >= 0.3 is 0 Å². The Balaban J connectivity index is 2.56. The second-order valence-electron chi connectivity index (χ2n) is 3.37. The summed E-state index contributed by atoms with van der Waals surface area (Å²) < 4.78 is 5.82. The topological polar surface area (TPSA) is 87.0 Å². The lowest BCUT2D eigenvalue weighted by atomic mass is 10.1. The minimum Gasteiger partial charge on any atom is -0.481 e. The molecule has 0 amide bonds. The monoisotopic (exact) mass is 294 g/mol. The quantitative estimate of drug-likeness (QED) is 0.885. The fourth-order valence-electron chi connectivity index (χ4n) is 1.46. The van der Waals surface area contributed by atoms with Crippen LogP contribution in [0.4, 0.5) is 11.6 Å². The van der Waals surface area contributed by atoms with Crippen molar-refractivity contribution in [1.82, 2.24) is 9.97 Å². The Morgan fingerprint density at radius 3 is 2.59 bits per heavy atom. The highest BCUT2D eigenvalue weighted by Crippen LogP contribution is 2.31. The van der Waals surface area contributed by atoms with E-state index in [1.165, 1.54) is 7.11 Å². The smallest absolute Gasteiger partial charge is 0.214 e. The molecule has 0 unspecified atom stereocenters. The number of pyridine rings is 2. The molecule has 2 rings (SSSR count). The lowest BCUT2D eigenvalue weighted by Crippen LogP contribution is -2.00. The van der Waals surface area contributed by atoms with Gasteiger partial charge in [-0.15, -0.1) is 0 Å². The number of aromatic nitrogens is 2. The number of nitrogens with two attached hydrogens (primary N) is 2. The highest BCUT2D eigenvalue weighted by molar-refractivity contribution is 9.10. The van der Waals surface area contributed by atoms with E-state index in [9.17, 15) is 0 Å². The highest BCUT2D eigenvalue weighted by Gasteiger charge is 2.10. The third-order valence-electron chi connectivity index (χ3n) is 2.28. The van der Waals surface area contributed by atoms with Gasteiger partial charge < -0.3 is 16.2 Å². The molecule has 0 aromatic carbocycles. The number of ether oxygens (including phenoxy) is 1. The first-order valence-corrected chi connectivity index (χ1v) is 5.63. The summed E-state index contributed by atoms with van der Waals surface area (Å²) in [5.74, 6) is 1.23. The van der Waals surface area contributed by atoms with Crippen molar-refractivity contribution in [2.75, 3.05) is 18.6 Å². The first-order chi connectivity index (χ1) is 8.11. The Morgan fingerprint density at radius 1 is 1.18 bits per heavy atom. The van der Waals surface area contributed by atoms with Gasteiger partial charge in [0.15, 0.2) is 0 Å². The van der Waals surface area contributed by atoms with Gasteiger partial charge in [0.1, 0.15) is 11.6 Å². The molecule has 4 N–H and O–H groups in total. The van der Waals surface area contributed by atoms with E-state index >= 15 is 0 Å². The standard InChI is InChI=1S/C11H11BrN4O/c1-17-9-3-2-7(11(14)16-9)8-4-6(12)5-15-10(8)13/h2-5H,1H3,(H2,13,15)(H2,14,16). The lowest BCUT2D eigenvalue weighted by Gasteiger charge is -2.09. The van der Waals surface area contributed by atoms with Gasteiger partial charge in [-0.1, -0.05) is 0 Å². The van der Waals surface area contributed by atoms with Crippen LogP contribution in [0.25, 0.3) is 11.1 Å². The van der Waals surface area contributed by atoms with Gasteiger partial charge in [-0.05, 0) is 28.1 Å². The SMILES string of the molecule is COc1ccc(-c2cc(Br)cnc2N)c(N)n1. The van der Waals surface area contributed by atoms with Crippen molar-refractivity contribution in [1.29, 1.82) is 0 Å². The molecule has 2 aromatic heterocycles. The number of halogens is 1. The van der Waals surface area contributed by atoms with Crippen molar-refractivity contribution in [3.63, 3.8) is 0 Å². The number of methoxy groups -OCH3 is 1. The van der Waals surface area contributed by atoms with Crippen molar-refractivity contribution >= 4 is 27.6 Å². The fourth-order valence-corrected chi connectivity index (χ4v) is 1.79. The molecule has 0 saturated carbocycles. The van der Waals surface area contributed by atoms with Crippen LogP contribution in [0.5, 0.6) is 5.88 Å². The normalized spacial score (nSPS) is 10.2. The van der Waals surface area contributed by atoms with Crippen molar-refractivity contribution in [3.8, 4) is 17.0 Å². The maximum absolute atomic E-state index is 5.86. The highest BCUT2D eigenvalue weighted by atomic mass is 79.9. The summed E-state index contributed by atoms with van der Waals surface area (Å²) >= 11 is 3.34. The lowest BCUT2D eigenvalue weighted by molar-refractivity contribution is 0.398. The van der Waals surface area contributed by atoms with Crippen molar-refractivity contribution in [2.24, 2.45) is 0 Å². The number of hydrogen-bond acceptors (Lipinski definition) is 5. The molecule has 0 spiro atoms. The van der Waals surface area contributed by atoms with Gasteiger partial charge in [-0.3, -0.25) is 0 Å². The molecule has 5 nitrogen and oxygen atoms in total. The molecule has 88 valence electrons. The summed E-state index contributed by atoms with van der Waals surface area (Å²) in [6, 6.07) is 5.38. The average Bonchev–Trinajstić information content (AvgIpc) is 2.32. The Bertz CT molecular complexity index is 559. The summed E-state index contributed by atoms with van der Waals surface area (Å²) in [5, 5.41) is 0. The van der Waals surface area contributed by atoms with Crippen LogP contribution in [0.15, 0.2) is 28.9 Å². The van der Waals surface area contributed by atoms with Crippen LogP contribution in [0.1, 0.15) is 0 Å². The Morgan fingerprint density at radius 2 is 1.94 bits per heavy atom. The molecule has 0 aliphatic carbocycles. The maximum Gasteiger partial charge on any atom is 0.214 e. The van der Waals surface area contributed by atoms with Gasteiger partial charge in [0, 0.05) is 27.9 Å². The molecule has 2 aromatic rings. The van der Waals surface area contributed by atoms with Gasteiger partial charge in [0.05, 0.1) is 7.11 Å². The number of hydrogen-bond donors (Lipinski definition) is 2. The van der Waals surface area contributed by atoms with Crippen molar-refractivity contribution in [2.45, 2.75) is 0 Å². The van der Waals surface area contributed by atoms with Crippen molar-refractivity contribution in [3.05, 3.63) is 28.9 Å². The molecule has 0 bridgehead atoms. The predicted octanol–water partition coefficient (Wildman–Crippen LogP) is 2.08. The zero-order chi connectivity index (χ0) is 12.4. The zero-order valence-electron chi connectivity index (χ0n) is 9.14. The molecule has 0 fully saturated rings. The fraction of sp³-hybridized carbons (Fsp3) is 0.0909. The van der Waals surface area contributed by atoms with Crippen LogP contribution in [0.2, 0.25) is 0 Å². The molecule has 0 radical (unpaired) electrons. The average molecular weight is 295 g/mol. The van der Waals surface area contributed by atoms with E-state index in [4.69, 9.17) is 16.2 Å². The molecule has 6 heteroatoms. The van der Waals surface area contributed by atoms with Crippen LogP contribution in [-0.4, -0.2) is 17.1 Å². The number of nitrogens with zero attached hydrogens (tertiary/aromatic N) is 2. The van der Waals surface area contributed by atoms with E-state index in [1.54, 1.807) is 18.3 Å². The molecule has 0 aliphatic heterocycles. The second-order valence-corrected chi connectivity index (χ2v) is 4.29. The van der Waals surface area contributed by atoms with E-state index in [0.717, 1.165) is 15.6 Å². The molecular formula is C11H11BrN4O. The number of rotatable bonds is 2. The summed E-state index contributed by atoms with van der Waals surface area (Å²) in [4.78, 5) is 8.15. The summed E-state index contributed by atoms with van der Waals surface area (Å²) in [6.07, 6.45) is 1.63. The van der Waals surface area contributed by atoms with E-state index in [0.29, 0.717) is 17.5 Å². The van der Waals surface area contributed by atoms with E-state index in [2.05, 4.69) is 25.9 Å². The largest absolute Gasteiger partial charge is 0.481 e. The summed E-state index contributed by atoms with van der Waals surface area (Å²) in [7, 11) is 1.54. The van der Waals surface area contributed by atoms with Crippen LogP contribution in [0, 0.1) is 0 Å². The minimum atomic E-state index is 0.357. The summed E-state index contributed by atoms with van der Waals surface area (Å²) in [6.45, 7) is 0. The van der Waals surface area contributed by atoms with E-state index in [-0.39, 0.29) is 0 Å². The number of anilines is 2. The molecule has 17 heavy (non-hydrogen) atoms. The van der Waals surface area contributed by atoms with Crippen LogP contribution >= 0.6 is 15.9 Å². The predicted molar refractivity (Wildman–Crippen MR) is 70.5 cm³/mol. The Hall–Kier alpha value is -1.82. The van der Waals surface area contributed by atoms with Crippen molar-refractivity contribution < 1.29 is 4.74 Å². The third kappa shape index (κ3) is 2.31. The van der Waals surface area contributed by atoms with Gasteiger partial charge in [0.2, 0.25) is 5.88 Å². The molecule has 0 saturated heterocycles. The molecular weight excluding hydrogens is 284 g/mol. The zero-order valence-corrected chi connectivity index (χ0v) is 10.7. The minimum absolute atomic E-state index is 0.357. The van der Waals surface area contributed by atoms with Gasteiger partial charge in [-0.2, -0.15) is 4.98 Å². The van der Waals surface area contributed by atoms with Crippen LogP contribution < -0.4 is 16.2 Å². The maximum atomic E-state index is 5.86. The summed E-state index contributed by atoms with van der Waals surface area (Å²) in [5.41, 5.74) is 13.1. The van der Waals surface area contributed by atoms with E-state index in [1.807, 2.05) is 6.07 Å². The second kappa shape index (κ2) is 4.58. The third-order valence-corrected chi connectivity index (χ3v) is 2.72. The Kier molecular flexibility index (Phi) is 3.14. The van der Waals surface area contributed by atoms with Gasteiger partial charge in [-0.25, -0.2) is 4.98 Å². The molecule has 0 aliphatic rings. The Labute approximate surface area is 107 Å².